The molecule has 0 aliphatic heterocycles. The first-order valence-electron chi connectivity index (χ1n) is 4.00. The van der Waals surface area contributed by atoms with Crippen LogP contribution >= 0.6 is 0 Å². The van der Waals surface area contributed by atoms with Crippen LogP contribution in [0.4, 0.5) is 0 Å². The highest BCUT2D eigenvalue weighted by Gasteiger charge is 2.30. The lowest BCUT2D eigenvalue weighted by atomic mass is 9.82. The second-order valence-electron chi connectivity index (χ2n) is 2.67. The summed E-state index contributed by atoms with van der Waals surface area (Å²) in [6.07, 6.45) is 4.89. The van der Waals surface area contributed by atoms with E-state index in [2.05, 4.69) is 0 Å². The summed E-state index contributed by atoms with van der Waals surface area (Å²) in [5.74, 6) is -0.722. The number of aliphatic carboxylic acids is 1. The average molecular weight is 156 g/mol. The lowest BCUT2D eigenvalue weighted by Crippen LogP contribution is -2.26. The van der Waals surface area contributed by atoms with Crippen molar-refractivity contribution in [3.05, 3.63) is 12.2 Å². The van der Waals surface area contributed by atoms with Crippen molar-refractivity contribution >= 4 is 5.97 Å². The average Bonchev–Trinajstić information content (AvgIpc) is 2.00. The second kappa shape index (κ2) is 4.16. The van der Waals surface area contributed by atoms with Crippen LogP contribution < -0.4 is 0 Å². The van der Waals surface area contributed by atoms with Gasteiger partial charge >= 0.3 is 5.97 Å². The van der Waals surface area contributed by atoms with Crippen molar-refractivity contribution in [2.45, 2.75) is 33.6 Å². The standard InChI is InChI=1S/C9H16O2/c1-4-7-9(5-2,6-3)8(10)11/h4,7H,5-6H2,1-3H3,(H,10,11)/b7-4+. The fourth-order valence-electron chi connectivity index (χ4n) is 1.18. The van der Waals surface area contributed by atoms with E-state index >= 15 is 0 Å². The minimum atomic E-state index is -0.722. The lowest BCUT2D eigenvalue weighted by Gasteiger charge is -2.21. The van der Waals surface area contributed by atoms with Crippen LogP contribution in [0.3, 0.4) is 0 Å². The molecule has 2 nitrogen and oxygen atoms in total. The first-order valence-corrected chi connectivity index (χ1v) is 4.00. The number of allylic oxidation sites excluding steroid dienone is 1. The van der Waals surface area contributed by atoms with Crippen LogP contribution in [-0.4, -0.2) is 11.1 Å². The second-order valence-corrected chi connectivity index (χ2v) is 2.67. The zero-order valence-corrected chi connectivity index (χ0v) is 7.42. The Kier molecular flexibility index (Phi) is 3.86. The van der Waals surface area contributed by atoms with E-state index in [1.165, 1.54) is 0 Å². The third kappa shape index (κ3) is 2.07. The third-order valence-electron chi connectivity index (χ3n) is 2.17. The van der Waals surface area contributed by atoms with Gasteiger partial charge in [0.15, 0.2) is 0 Å². The Morgan fingerprint density at radius 2 is 1.91 bits per heavy atom. The van der Waals surface area contributed by atoms with Crippen molar-refractivity contribution in [3.63, 3.8) is 0 Å². The largest absolute Gasteiger partial charge is 0.481 e. The van der Waals surface area contributed by atoms with Gasteiger partial charge in [0.25, 0.3) is 0 Å². The van der Waals surface area contributed by atoms with Crippen LogP contribution in [0.5, 0.6) is 0 Å². The van der Waals surface area contributed by atoms with Gasteiger partial charge in [-0.05, 0) is 19.8 Å². The van der Waals surface area contributed by atoms with Gasteiger partial charge < -0.3 is 5.11 Å². The molecule has 0 amide bonds. The smallest absolute Gasteiger partial charge is 0.313 e. The van der Waals surface area contributed by atoms with Gasteiger partial charge in [-0.2, -0.15) is 0 Å². The topological polar surface area (TPSA) is 37.3 Å². The lowest BCUT2D eigenvalue weighted by molar-refractivity contribution is -0.146. The molecule has 0 radical (unpaired) electrons. The Labute approximate surface area is 67.9 Å². The van der Waals surface area contributed by atoms with E-state index in [4.69, 9.17) is 5.11 Å². The summed E-state index contributed by atoms with van der Waals surface area (Å²) in [4.78, 5) is 10.8. The van der Waals surface area contributed by atoms with E-state index in [0.717, 1.165) is 0 Å². The van der Waals surface area contributed by atoms with Gasteiger partial charge in [0, 0.05) is 0 Å². The highest BCUT2D eigenvalue weighted by atomic mass is 16.4. The van der Waals surface area contributed by atoms with Gasteiger partial charge in [0.1, 0.15) is 0 Å². The molecular formula is C9H16O2. The van der Waals surface area contributed by atoms with Crippen molar-refractivity contribution in [3.8, 4) is 0 Å². The molecule has 0 rings (SSSR count). The fourth-order valence-corrected chi connectivity index (χ4v) is 1.18. The van der Waals surface area contributed by atoms with Gasteiger partial charge in [-0.25, -0.2) is 0 Å². The molecule has 0 atom stereocenters. The molecule has 0 saturated heterocycles. The molecule has 0 aromatic rings. The molecule has 0 saturated carbocycles. The summed E-state index contributed by atoms with van der Waals surface area (Å²) in [6.45, 7) is 5.65. The summed E-state index contributed by atoms with van der Waals surface area (Å²) in [5, 5.41) is 8.90. The molecule has 64 valence electrons. The molecule has 0 heterocycles. The molecule has 0 aromatic carbocycles. The number of carboxylic acid groups (broad SMARTS) is 1. The first kappa shape index (κ1) is 10.2. The van der Waals surface area contributed by atoms with Gasteiger partial charge in [0.2, 0.25) is 0 Å². The first-order chi connectivity index (χ1) is 5.13. The van der Waals surface area contributed by atoms with E-state index in [1.54, 1.807) is 12.2 Å². The van der Waals surface area contributed by atoms with E-state index in [9.17, 15) is 4.79 Å². The fraction of sp³-hybridized carbons (Fsp3) is 0.667. The monoisotopic (exact) mass is 156 g/mol. The number of carboxylic acids is 1. The SMILES string of the molecule is C/C=C/C(CC)(CC)C(=O)O. The highest BCUT2D eigenvalue weighted by molar-refractivity contribution is 5.76. The maximum Gasteiger partial charge on any atom is 0.313 e. The summed E-state index contributed by atoms with van der Waals surface area (Å²) in [7, 11) is 0. The van der Waals surface area contributed by atoms with Gasteiger partial charge in [-0.1, -0.05) is 26.0 Å². The predicted octanol–water partition coefficient (Wildman–Crippen LogP) is 2.45. The highest BCUT2D eigenvalue weighted by Crippen LogP contribution is 2.28. The van der Waals surface area contributed by atoms with Gasteiger partial charge in [-0.3, -0.25) is 4.79 Å². The van der Waals surface area contributed by atoms with Crippen LogP contribution in [-0.2, 0) is 4.79 Å². The minimum absolute atomic E-state index is 0.630. The van der Waals surface area contributed by atoms with Crippen molar-refractivity contribution in [2.75, 3.05) is 0 Å². The molecule has 0 aliphatic carbocycles. The molecule has 0 bridgehead atoms. The van der Waals surface area contributed by atoms with Crippen molar-refractivity contribution in [1.29, 1.82) is 0 Å². The van der Waals surface area contributed by atoms with Crippen LogP contribution in [0.1, 0.15) is 33.6 Å². The summed E-state index contributed by atoms with van der Waals surface area (Å²) in [5.41, 5.74) is -0.630. The van der Waals surface area contributed by atoms with Crippen molar-refractivity contribution in [1.82, 2.24) is 0 Å². The molecule has 0 aromatic heterocycles. The molecular weight excluding hydrogens is 140 g/mol. The number of hydrogen-bond acceptors (Lipinski definition) is 1. The number of carbonyl (C=O) groups is 1. The maximum absolute atomic E-state index is 10.8. The Morgan fingerprint density at radius 3 is 2.00 bits per heavy atom. The van der Waals surface area contributed by atoms with Crippen molar-refractivity contribution in [2.24, 2.45) is 5.41 Å². The van der Waals surface area contributed by atoms with E-state index in [1.807, 2.05) is 20.8 Å². The normalized spacial score (nSPS) is 12.3. The van der Waals surface area contributed by atoms with Crippen molar-refractivity contribution < 1.29 is 9.90 Å². The molecule has 11 heavy (non-hydrogen) atoms. The summed E-state index contributed by atoms with van der Waals surface area (Å²) < 4.78 is 0. The summed E-state index contributed by atoms with van der Waals surface area (Å²) in [6, 6.07) is 0. The molecule has 0 unspecified atom stereocenters. The predicted molar refractivity (Wildman–Crippen MR) is 45.5 cm³/mol. The zero-order valence-electron chi connectivity index (χ0n) is 7.42. The maximum atomic E-state index is 10.8. The molecule has 1 N–H and O–H groups in total. The Morgan fingerprint density at radius 1 is 1.45 bits per heavy atom. The van der Waals surface area contributed by atoms with E-state index in [-0.39, 0.29) is 0 Å². The Balaban J connectivity index is 4.60. The molecule has 0 fully saturated rings. The van der Waals surface area contributed by atoms with Crippen LogP contribution in [0.2, 0.25) is 0 Å². The molecule has 2 heteroatoms. The quantitative estimate of drug-likeness (QED) is 0.635. The zero-order chi connectivity index (χ0) is 8.91. The minimum Gasteiger partial charge on any atom is -0.481 e. The van der Waals surface area contributed by atoms with Gasteiger partial charge in [-0.15, -0.1) is 0 Å². The third-order valence-corrected chi connectivity index (χ3v) is 2.17. The number of hydrogen-bond donors (Lipinski definition) is 1. The Hall–Kier alpha value is -0.790. The number of rotatable bonds is 4. The van der Waals surface area contributed by atoms with Crippen LogP contribution in [0.15, 0.2) is 12.2 Å². The van der Waals surface area contributed by atoms with Gasteiger partial charge in [0.05, 0.1) is 5.41 Å². The van der Waals surface area contributed by atoms with E-state index in [0.29, 0.717) is 12.8 Å². The Bertz CT molecular complexity index is 155. The van der Waals surface area contributed by atoms with Crippen LogP contribution in [0, 0.1) is 5.41 Å². The molecule has 0 spiro atoms. The van der Waals surface area contributed by atoms with E-state index < -0.39 is 11.4 Å². The summed E-state index contributed by atoms with van der Waals surface area (Å²) >= 11 is 0. The molecule has 0 aliphatic rings. The van der Waals surface area contributed by atoms with Crippen LogP contribution in [0.25, 0.3) is 0 Å².